The number of carbonyl (C=O) groups excluding carboxylic acids is 1. The Balaban J connectivity index is 1.32. The molecule has 0 saturated carbocycles. The summed E-state index contributed by atoms with van der Waals surface area (Å²) in [6.07, 6.45) is 1.39. The first-order valence-electron chi connectivity index (χ1n) is 9.90. The molecule has 0 radical (unpaired) electrons. The van der Waals surface area contributed by atoms with Crippen molar-refractivity contribution in [3.63, 3.8) is 0 Å². The molecule has 0 atom stereocenters. The van der Waals surface area contributed by atoms with Gasteiger partial charge in [0.1, 0.15) is 18.1 Å². The zero-order chi connectivity index (χ0) is 23.7. The Bertz CT molecular complexity index is 1540. The van der Waals surface area contributed by atoms with Crippen molar-refractivity contribution in [2.24, 2.45) is 5.10 Å². The number of para-hydroxylation sites is 2. The van der Waals surface area contributed by atoms with Crippen LogP contribution in [0.25, 0.3) is 33.9 Å². The number of halogens is 2. The van der Waals surface area contributed by atoms with Gasteiger partial charge < -0.3 is 14.7 Å². The summed E-state index contributed by atoms with van der Waals surface area (Å²) in [5, 5.41) is 12.4. The van der Waals surface area contributed by atoms with Gasteiger partial charge in [0, 0.05) is 10.6 Å². The van der Waals surface area contributed by atoms with E-state index in [1.165, 1.54) is 6.21 Å². The lowest BCUT2D eigenvalue weighted by Gasteiger charge is -2.06. The Kier molecular flexibility index (Phi) is 5.74. The molecule has 0 aliphatic heterocycles. The van der Waals surface area contributed by atoms with Crippen molar-refractivity contribution in [3.05, 3.63) is 70.4 Å². The van der Waals surface area contributed by atoms with Crippen molar-refractivity contribution in [1.82, 2.24) is 25.3 Å². The van der Waals surface area contributed by atoms with E-state index in [4.69, 9.17) is 33.4 Å². The van der Waals surface area contributed by atoms with Crippen LogP contribution in [0.1, 0.15) is 5.76 Å². The molecule has 12 heteroatoms. The molecule has 2 aromatic carbocycles. The number of aromatic nitrogens is 4. The first kappa shape index (κ1) is 21.7. The van der Waals surface area contributed by atoms with Gasteiger partial charge in [-0.05, 0) is 52.8 Å². The van der Waals surface area contributed by atoms with Crippen LogP contribution in [0, 0.1) is 0 Å². The normalized spacial score (nSPS) is 11.5. The summed E-state index contributed by atoms with van der Waals surface area (Å²) in [5.74, 6) is 1.00. The number of amides is 1. The summed E-state index contributed by atoms with van der Waals surface area (Å²) < 4.78 is 12.1. The third-order valence-corrected chi connectivity index (χ3v) is 5.43. The number of benzene rings is 2. The number of fused-ring (bicyclic) bond motifs is 1. The molecule has 0 aliphatic rings. The average Bonchev–Trinajstić information content (AvgIpc) is 3.53. The van der Waals surface area contributed by atoms with Crippen LogP contribution in [-0.4, -0.2) is 32.0 Å². The van der Waals surface area contributed by atoms with Crippen LogP contribution in [0.2, 0.25) is 10.0 Å². The lowest BCUT2D eigenvalue weighted by molar-refractivity contribution is -0.121. The second kappa shape index (κ2) is 9.00. The van der Waals surface area contributed by atoms with Crippen molar-refractivity contribution >= 4 is 52.2 Å². The van der Waals surface area contributed by atoms with Crippen LogP contribution >= 0.6 is 23.2 Å². The molecule has 3 aromatic heterocycles. The monoisotopic (exact) mass is 495 g/mol. The molecular weight excluding hydrogens is 481 g/mol. The minimum atomic E-state index is -0.400. The Hall–Kier alpha value is -4.15. The summed E-state index contributed by atoms with van der Waals surface area (Å²) in [6.45, 7) is -0.0940. The van der Waals surface area contributed by atoms with Gasteiger partial charge in [-0.15, -0.1) is 0 Å². The zero-order valence-corrected chi connectivity index (χ0v) is 18.8. The SMILES string of the molecule is Nc1nonc1-c1nc2ccccc2n1CC(=O)N/N=C\c1ccc(-c2ccc(Cl)cc2Cl)o1. The molecule has 0 aliphatic carbocycles. The van der Waals surface area contributed by atoms with Gasteiger partial charge in [-0.3, -0.25) is 4.79 Å². The number of hydrogen-bond donors (Lipinski definition) is 2. The molecule has 0 fully saturated rings. The Morgan fingerprint density at radius 1 is 1.15 bits per heavy atom. The average molecular weight is 496 g/mol. The fraction of sp³-hybridized carbons (Fsp3) is 0.0455. The van der Waals surface area contributed by atoms with E-state index in [2.05, 4.69) is 30.5 Å². The molecule has 3 heterocycles. The maximum atomic E-state index is 12.6. The topological polar surface area (TPSA) is 137 Å². The van der Waals surface area contributed by atoms with Crippen molar-refractivity contribution in [2.75, 3.05) is 5.73 Å². The standard InChI is InChI=1S/C22H15Cl2N7O3/c23-12-5-7-14(15(24)9-12)18-8-6-13(33-18)10-26-28-19(32)11-31-17-4-2-1-3-16(17)27-22(31)20-21(25)30-34-29-20/h1-10H,11H2,(H2,25,30)(H,28,32)/b26-10-. The van der Waals surface area contributed by atoms with E-state index in [0.717, 1.165) is 5.52 Å². The first-order valence-corrected chi connectivity index (χ1v) is 10.7. The Labute approximate surface area is 201 Å². The first-order chi connectivity index (χ1) is 16.5. The number of nitrogens with one attached hydrogen (secondary N) is 1. The number of hydrazone groups is 1. The van der Waals surface area contributed by atoms with Gasteiger partial charge in [0.15, 0.2) is 17.3 Å². The van der Waals surface area contributed by atoms with Gasteiger partial charge in [0.25, 0.3) is 5.91 Å². The molecule has 5 aromatic rings. The highest BCUT2D eigenvalue weighted by atomic mass is 35.5. The van der Waals surface area contributed by atoms with Crippen molar-refractivity contribution < 1.29 is 13.8 Å². The molecule has 0 unspecified atom stereocenters. The van der Waals surface area contributed by atoms with Gasteiger partial charge in [0.05, 0.1) is 22.3 Å². The van der Waals surface area contributed by atoms with Gasteiger partial charge >= 0.3 is 0 Å². The zero-order valence-electron chi connectivity index (χ0n) is 17.3. The molecule has 10 nitrogen and oxygen atoms in total. The number of imidazole rings is 1. The number of anilines is 1. The largest absolute Gasteiger partial charge is 0.455 e. The third kappa shape index (κ3) is 4.24. The molecule has 170 valence electrons. The van der Waals surface area contributed by atoms with Gasteiger partial charge in [-0.1, -0.05) is 35.3 Å². The van der Waals surface area contributed by atoms with Crippen LogP contribution < -0.4 is 11.2 Å². The lowest BCUT2D eigenvalue weighted by Crippen LogP contribution is -2.23. The predicted molar refractivity (Wildman–Crippen MR) is 127 cm³/mol. The van der Waals surface area contributed by atoms with E-state index >= 15 is 0 Å². The van der Waals surface area contributed by atoms with Crippen LogP contribution in [0.4, 0.5) is 5.82 Å². The Morgan fingerprint density at radius 2 is 2.00 bits per heavy atom. The lowest BCUT2D eigenvalue weighted by atomic mass is 10.2. The maximum Gasteiger partial charge on any atom is 0.260 e. The molecule has 0 saturated heterocycles. The number of nitrogens with zero attached hydrogens (tertiary/aromatic N) is 5. The van der Waals surface area contributed by atoms with Crippen molar-refractivity contribution in [2.45, 2.75) is 6.54 Å². The number of carbonyl (C=O) groups is 1. The Morgan fingerprint density at radius 3 is 2.79 bits per heavy atom. The summed E-state index contributed by atoms with van der Waals surface area (Å²) in [6, 6.07) is 15.9. The number of furan rings is 1. The van der Waals surface area contributed by atoms with Crippen LogP contribution in [0.5, 0.6) is 0 Å². The third-order valence-electron chi connectivity index (χ3n) is 4.89. The van der Waals surface area contributed by atoms with Crippen LogP contribution in [-0.2, 0) is 11.3 Å². The highest BCUT2D eigenvalue weighted by molar-refractivity contribution is 6.36. The van der Waals surface area contributed by atoms with E-state index in [1.54, 1.807) is 34.9 Å². The smallest absolute Gasteiger partial charge is 0.260 e. The molecule has 0 spiro atoms. The van der Waals surface area contributed by atoms with Crippen molar-refractivity contribution in [1.29, 1.82) is 0 Å². The number of hydrogen-bond acceptors (Lipinski definition) is 8. The van der Waals surface area contributed by atoms with E-state index in [-0.39, 0.29) is 18.1 Å². The number of nitrogens with two attached hydrogens (primary N) is 1. The van der Waals surface area contributed by atoms with Crippen LogP contribution in [0.15, 0.2) is 68.7 Å². The van der Waals surface area contributed by atoms with E-state index in [1.807, 2.05) is 24.3 Å². The predicted octanol–water partition coefficient (Wildman–Crippen LogP) is 4.39. The van der Waals surface area contributed by atoms with Crippen molar-refractivity contribution in [3.8, 4) is 22.8 Å². The number of nitrogen functional groups attached to an aromatic ring is 1. The molecule has 3 N–H and O–H groups in total. The highest BCUT2D eigenvalue weighted by Crippen LogP contribution is 2.31. The highest BCUT2D eigenvalue weighted by Gasteiger charge is 2.20. The van der Waals surface area contributed by atoms with E-state index < -0.39 is 5.91 Å². The quantitative estimate of drug-likeness (QED) is 0.263. The molecular formula is C22H15Cl2N7O3. The van der Waals surface area contributed by atoms with E-state index in [9.17, 15) is 4.79 Å². The summed E-state index contributed by atoms with van der Waals surface area (Å²) in [7, 11) is 0. The van der Waals surface area contributed by atoms with E-state index in [0.29, 0.717) is 38.5 Å². The van der Waals surface area contributed by atoms with Gasteiger partial charge in [0.2, 0.25) is 0 Å². The second-order valence-corrected chi connectivity index (χ2v) is 7.97. The molecule has 34 heavy (non-hydrogen) atoms. The molecule has 0 bridgehead atoms. The summed E-state index contributed by atoms with van der Waals surface area (Å²) >= 11 is 12.2. The fourth-order valence-corrected chi connectivity index (χ4v) is 3.87. The summed E-state index contributed by atoms with van der Waals surface area (Å²) in [5.41, 5.74) is 10.6. The minimum Gasteiger partial charge on any atom is -0.455 e. The summed E-state index contributed by atoms with van der Waals surface area (Å²) in [4.78, 5) is 17.1. The minimum absolute atomic E-state index is 0.0735. The van der Waals surface area contributed by atoms with Gasteiger partial charge in [-0.25, -0.2) is 15.0 Å². The van der Waals surface area contributed by atoms with Crippen LogP contribution in [0.3, 0.4) is 0 Å². The van der Waals surface area contributed by atoms with Gasteiger partial charge in [-0.2, -0.15) is 5.10 Å². The second-order valence-electron chi connectivity index (χ2n) is 7.13. The maximum absolute atomic E-state index is 12.6. The molecule has 5 rings (SSSR count). The fourth-order valence-electron chi connectivity index (χ4n) is 3.37. The number of rotatable bonds is 6. The molecule has 1 amide bonds.